The van der Waals surface area contributed by atoms with Gasteiger partial charge in [-0.15, -0.1) is 0 Å². The van der Waals surface area contributed by atoms with E-state index in [0.717, 1.165) is 0 Å². The van der Waals surface area contributed by atoms with Gasteiger partial charge in [0.05, 0.1) is 119 Å². The Morgan fingerprint density at radius 2 is 0.273 bits per heavy atom. The van der Waals surface area contributed by atoms with E-state index in [4.69, 9.17) is 56.8 Å². The molecule has 0 aromatic carbocycles. The molecule has 12 heteroatoms. The van der Waals surface area contributed by atoms with Crippen LogP contribution in [0.5, 0.6) is 0 Å². The second kappa shape index (κ2) is 27.8. The molecule has 0 aromatic rings. The van der Waals surface area contributed by atoms with E-state index >= 15 is 0 Å². The molecule has 1 aliphatic heterocycles. The highest BCUT2D eigenvalue weighted by atomic mass is 16.7. The molecule has 0 spiro atoms. The van der Waals surface area contributed by atoms with Gasteiger partial charge in [0.15, 0.2) is 0 Å². The Kier molecular flexibility index (Phi) is 25.7. The van der Waals surface area contributed by atoms with Crippen LogP contribution in [0, 0.1) is 0 Å². The summed E-state index contributed by atoms with van der Waals surface area (Å²) in [5.74, 6) is 0. The van der Waals surface area contributed by atoms with Crippen molar-refractivity contribution in [2.24, 2.45) is 0 Å². The minimum Gasteiger partial charge on any atom is -0.377 e. The van der Waals surface area contributed by atoms with Crippen LogP contribution in [0.2, 0.25) is 0 Å². The van der Waals surface area contributed by atoms with Crippen molar-refractivity contribution >= 4 is 0 Å². The summed E-state index contributed by atoms with van der Waals surface area (Å²) >= 11 is 0. The second-order valence-electron chi connectivity index (χ2n) is 6.48. The average Bonchev–Trinajstić information content (AvgIpc) is 2.83. The first-order chi connectivity index (χ1) is 16.5. The van der Waals surface area contributed by atoms with Gasteiger partial charge in [0, 0.05) is 0 Å². The van der Waals surface area contributed by atoms with Crippen LogP contribution in [0.3, 0.4) is 0 Å². The van der Waals surface area contributed by atoms with E-state index in [1.807, 2.05) is 0 Å². The number of hydrogen-bond donors (Lipinski definition) is 0. The summed E-state index contributed by atoms with van der Waals surface area (Å²) in [5, 5.41) is 0. The van der Waals surface area contributed by atoms with E-state index < -0.39 is 0 Å². The molecule has 0 aliphatic carbocycles. The van der Waals surface area contributed by atoms with Gasteiger partial charge in [0.1, 0.15) is 20.4 Å². The zero-order valence-electron chi connectivity index (χ0n) is 19.7. The molecule has 0 radical (unpaired) electrons. The summed E-state index contributed by atoms with van der Waals surface area (Å²) in [6.45, 7) is 9.23. The maximum atomic E-state index is 5.40. The quantitative estimate of drug-likeness (QED) is 0.462. The SMILES string of the molecule is C1COCCOCOCCOCCOCCOCOCCOCCOCCOCOCCO1. The van der Waals surface area contributed by atoms with Crippen molar-refractivity contribution in [3.8, 4) is 0 Å². The van der Waals surface area contributed by atoms with Crippen molar-refractivity contribution in [3.63, 3.8) is 0 Å². The highest BCUT2D eigenvalue weighted by Crippen LogP contribution is 1.88. The van der Waals surface area contributed by atoms with E-state index in [9.17, 15) is 0 Å². The first-order valence-electron chi connectivity index (χ1n) is 11.4. The van der Waals surface area contributed by atoms with Gasteiger partial charge < -0.3 is 56.8 Å². The summed E-state index contributed by atoms with van der Waals surface area (Å²) in [4.78, 5) is 0. The minimum absolute atomic E-state index is 0.205. The Morgan fingerprint density at radius 3 is 0.424 bits per heavy atom. The fourth-order valence-corrected chi connectivity index (χ4v) is 2.20. The predicted molar refractivity (Wildman–Crippen MR) is 115 cm³/mol. The lowest BCUT2D eigenvalue weighted by Gasteiger charge is -2.09. The predicted octanol–water partition coefficient (Wildman–Crippen LogP) is 0.0717. The molecular formula is C21H42O12. The van der Waals surface area contributed by atoms with Crippen LogP contribution in [-0.2, 0) is 56.8 Å². The van der Waals surface area contributed by atoms with Crippen LogP contribution >= 0.6 is 0 Å². The van der Waals surface area contributed by atoms with Crippen molar-refractivity contribution in [2.45, 2.75) is 0 Å². The zero-order valence-corrected chi connectivity index (χ0v) is 19.7. The Bertz CT molecular complexity index is 198. The van der Waals surface area contributed by atoms with E-state index in [1.165, 1.54) is 0 Å². The maximum Gasteiger partial charge on any atom is 0.146 e. The molecule has 0 saturated carbocycles. The molecule has 0 unspecified atom stereocenters. The average molecular weight is 487 g/mol. The van der Waals surface area contributed by atoms with Gasteiger partial charge in [-0.3, -0.25) is 0 Å². The Balaban J connectivity index is 2.00. The zero-order chi connectivity index (χ0) is 23.3. The molecule has 12 nitrogen and oxygen atoms in total. The van der Waals surface area contributed by atoms with E-state index in [0.29, 0.717) is 119 Å². The molecule has 33 heavy (non-hydrogen) atoms. The summed E-state index contributed by atoms with van der Waals surface area (Å²) in [6, 6.07) is 0. The fraction of sp³-hybridized carbons (Fsp3) is 1.00. The lowest BCUT2D eigenvalue weighted by Crippen LogP contribution is -2.15. The summed E-state index contributed by atoms with van der Waals surface area (Å²) < 4.78 is 64.3. The molecular weight excluding hydrogens is 444 g/mol. The van der Waals surface area contributed by atoms with Crippen molar-refractivity contribution in [3.05, 3.63) is 0 Å². The van der Waals surface area contributed by atoms with Gasteiger partial charge in [-0.25, -0.2) is 0 Å². The van der Waals surface area contributed by atoms with Crippen LogP contribution in [0.1, 0.15) is 0 Å². The van der Waals surface area contributed by atoms with E-state index in [2.05, 4.69) is 0 Å². The van der Waals surface area contributed by atoms with Gasteiger partial charge in [0.2, 0.25) is 0 Å². The Labute approximate surface area is 196 Å². The Hall–Kier alpha value is -0.480. The summed E-state index contributed by atoms with van der Waals surface area (Å²) in [5.41, 5.74) is 0. The van der Waals surface area contributed by atoms with Gasteiger partial charge in [0.25, 0.3) is 0 Å². The smallest absolute Gasteiger partial charge is 0.146 e. The first-order valence-corrected chi connectivity index (χ1v) is 11.4. The van der Waals surface area contributed by atoms with E-state index in [1.54, 1.807) is 0 Å². The largest absolute Gasteiger partial charge is 0.377 e. The summed E-state index contributed by atoms with van der Waals surface area (Å²) in [6.07, 6.45) is 0. The van der Waals surface area contributed by atoms with Crippen LogP contribution in [0.4, 0.5) is 0 Å². The topological polar surface area (TPSA) is 111 Å². The van der Waals surface area contributed by atoms with Crippen LogP contribution in [0.25, 0.3) is 0 Å². The van der Waals surface area contributed by atoms with Gasteiger partial charge >= 0.3 is 0 Å². The maximum absolute atomic E-state index is 5.40. The number of rotatable bonds is 0. The number of hydrogen-bond acceptors (Lipinski definition) is 12. The molecule has 1 aliphatic rings. The fourth-order valence-electron chi connectivity index (χ4n) is 2.20. The van der Waals surface area contributed by atoms with Gasteiger partial charge in [-0.1, -0.05) is 0 Å². The highest BCUT2D eigenvalue weighted by Gasteiger charge is 1.96. The molecule has 0 bridgehead atoms. The molecule has 0 aromatic heterocycles. The molecule has 0 atom stereocenters. The molecule has 0 amide bonds. The number of ether oxygens (including phenoxy) is 12. The van der Waals surface area contributed by atoms with Crippen LogP contribution in [-0.4, -0.2) is 139 Å². The first kappa shape index (κ1) is 30.6. The Morgan fingerprint density at radius 1 is 0.152 bits per heavy atom. The van der Waals surface area contributed by atoms with Crippen LogP contribution < -0.4 is 0 Å². The second-order valence-corrected chi connectivity index (χ2v) is 6.48. The molecule has 1 fully saturated rings. The van der Waals surface area contributed by atoms with Crippen molar-refractivity contribution in [1.82, 2.24) is 0 Å². The lowest BCUT2D eigenvalue weighted by molar-refractivity contribution is -0.0917. The molecule has 1 rings (SSSR count). The molecule has 198 valence electrons. The van der Waals surface area contributed by atoms with Crippen molar-refractivity contribution in [2.75, 3.05) is 139 Å². The third kappa shape index (κ3) is 26.0. The molecule has 0 N–H and O–H groups in total. The van der Waals surface area contributed by atoms with E-state index in [-0.39, 0.29) is 20.4 Å². The highest BCUT2D eigenvalue weighted by molar-refractivity contribution is 4.36. The molecule has 1 heterocycles. The third-order valence-corrected chi connectivity index (χ3v) is 3.85. The normalized spacial score (nSPS) is 24.0. The van der Waals surface area contributed by atoms with Crippen molar-refractivity contribution < 1.29 is 56.8 Å². The molecule has 1 saturated heterocycles. The minimum atomic E-state index is 0.205. The third-order valence-electron chi connectivity index (χ3n) is 3.85. The van der Waals surface area contributed by atoms with Gasteiger partial charge in [-0.2, -0.15) is 0 Å². The standard InChI is InChI=1S/C21H42O12/c1-2-23-8-14-29-20-31-16-10-25-5-6-27-12-18-33-21-32-17-11-26-4-3-24-9-15-30-19-28-13-7-22-1/h1-21H2. The lowest BCUT2D eigenvalue weighted by atomic mass is 10.7. The summed E-state index contributed by atoms with van der Waals surface area (Å²) in [7, 11) is 0. The monoisotopic (exact) mass is 486 g/mol. The van der Waals surface area contributed by atoms with Crippen molar-refractivity contribution in [1.29, 1.82) is 0 Å². The van der Waals surface area contributed by atoms with Gasteiger partial charge in [-0.05, 0) is 0 Å². The van der Waals surface area contributed by atoms with Crippen LogP contribution in [0.15, 0.2) is 0 Å².